The second-order valence-corrected chi connectivity index (χ2v) is 6.05. The third-order valence-corrected chi connectivity index (χ3v) is 4.56. The lowest BCUT2D eigenvalue weighted by Crippen LogP contribution is -1.90. The van der Waals surface area contributed by atoms with E-state index < -0.39 is 4.92 Å². The van der Waals surface area contributed by atoms with E-state index in [1.54, 1.807) is 18.2 Å². The third kappa shape index (κ3) is 3.44. The fraction of sp³-hybridized carbons (Fsp3) is 0. The number of nitrogens with zero attached hydrogens (tertiary/aromatic N) is 2. The summed E-state index contributed by atoms with van der Waals surface area (Å²) < 4.78 is 5.47. The van der Waals surface area contributed by atoms with Gasteiger partial charge in [-0.05, 0) is 24.3 Å². The minimum Gasteiger partial charge on any atom is -0.453 e. The molecule has 0 unspecified atom stereocenters. The Hall–Kier alpha value is -3.37. The number of nitro groups is 1. The zero-order chi connectivity index (χ0) is 17.8. The van der Waals surface area contributed by atoms with Crippen molar-refractivity contribution in [3.63, 3.8) is 0 Å². The van der Waals surface area contributed by atoms with Crippen LogP contribution < -0.4 is 0 Å². The molecule has 6 nitrogen and oxygen atoms in total. The molecule has 7 heteroatoms. The number of aldehydes is 1. The minimum atomic E-state index is -0.535. The summed E-state index contributed by atoms with van der Waals surface area (Å²) in [4.78, 5) is 22.5. The maximum absolute atomic E-state index is 10.9. The molecule has 0 fully saturated rings. The largest absolute Gasteiger partial charge is 0.453 e. The van der Waals surface area contributed by atoms with E-state index in [0.717, 1.165) is 10.5 Å². The van der Waals surface area contributed by atoms with Crippen molar-refractivity contribution < 1.29 is 14.1 Å². The molecule has 122 valence electrons. The molecule has 0 saturated heterocycles. The van der Waals surface area contributed by atoms with Crippen molar-refractivity contribution in [3.05, 3.63) is 76.0 Å². The van der Waals surface area contributed by atoms with Gasteiger partial charge >= 0.3 is 0 Å². The molecule has 25 heavy (non-hydrogen) atoms. The van der Waals surface area contributed by atoms with Crippen LogP contribution >= 0.6 is 11.8 Å². The number of furan rings is 1. The Kier molecular flexibility index (Phi) is 4.64. The highest BCUT2D eigenvalue weighted by molar-refractivity contribution is 7.99. The predicted octanol–water partition coefficient (Wildman–Crippen LogP) is 4.69. The predicted molar refractivity (Wildman–Crippen MR) is 91.5 cm³/mol. The van der Waals surface area contributed by atoms with E-state index >= 15 is 0 Å². The highest BCUT2D eigenvalue weighted by Crippen LogP contribution is 2.38. The van der Waals surface area contributed by atoms with Crippen LogP contribution in [0.3, 0.4) is 0 Å². The van der Waals surface area contributed by atoms with Crippen LogP contribution in [0, 0.1) is 21.4 Å². The first kappa shape index (κ1) is 16.5. The second kappa shape index (κ2) is 7.03. The Bertz CT molecular complexity index is 1000. The SMILES string of the molecule is N#Cc1cc([N+](=O)[O-])ccc1Sc1ccccc1-c1ccc(C=O)o1. The van der Waals surface area contributed by atoms with E-state index in [9.17, 15) is 20.2 Å². The Morgan fingerprint density at radius 1 is 1.12 bits per heavy atom. The fourth-order valence-corrected chi connectivity index (χ4v) is 3.26. The number of carbonyl (C=O) groups excluding carboxylic acids is 1. The Morgan fingerprint density at radius 2 is 1.92 bits per heavy atom. The topological polar surface area (TPSA) is 97.1 Å². The van der Waals surface area contributed by atoms with Crippen molar-refractivity contribution in [1.82, 2.24) is 0 Å². The van der Waals surface area contributed by atoms with Gasteiger partial charge in [0.05, 0.1) is 10.5 Å². The van der Waals surface area contributed by atoms with Crippen molar-refractivity contribution in [2.75, 3.05) is 0 Å². The zero-order valence-corrected chi connectivity index (χ0v) is 13.5. The molecule has 0 aliphatic heterocycles. The van der Waals surface area contributed by atoms with E-state index in [0.29, 0.717) is 16.9 Å². The highest BCUT2D eigenvalue weighted by Gasteiger charge is 2.15. The van der Waals surface area contributed by atoms with Gasteiger partial charge in [0, 0.05) is 27.5 Å². The smallest absolute Gasteiger partial charge is 0.270 e. The first-order valence-corrected chi connectivity index (χ1v) is 7.95. The maximum Gasteiger partial charge on any atom is 0.270 e. The standard InChI is InChI=1S/C18H10N2O4S/c19-10-12-9-13(20(22)23)5-8-17(12)25-18-4-2-1-3-15(18)16-7-6-14(11-21)24-16/h1-9,11H. The normalized spacial score (nSPS) is 10.2. The molecule has 0 amide bonds. The molecule has 0 radical (unpaired) electrons. The summed E-state index contributed by atoms with van der Waals surface area (Å²) in [7, 11) is 0. The summed E-state index contributed by atoms with van der Waals surface area (Å²) in [5.74, 6) is 0.758. The summed E-state index contributed by atoms with van der Waals surface area (Å²) in [5, 5.41) is 20.1. The van der Waals surface area contributed by atoms with Crippen LogP contribution in [0.1, 0.15) is 16.1 Å². The molecule has 3 aromatic rings. The first-order valence-electron chi connectivity index (χ1n) is 7.13. The van der Waals surface area contributed by atoms with Gasteiger partial charge in [-0.3, -0.25) is 14.9 Å². The Balaban J connectivity index is 2.01. The number of hydrogen-bond donors (Lipinski definition) is 0. The minimum absolute atomic E-state index is 0.129. The van der Waals surface area contributed by atoms with Crippen LogP contribution in [0.5, 0.6) is 0 Å². The number of benzene rings is 2. The molecule has 0 N–H and O–H groups in total. The number of hydrogen-bond acceptors (Lipinski definition) is 6. The highest BCUT2D eigenvalue weighted by atomic mass is 32.2. The van der Waals surface area contributed by atoms with Gasteiger partial charge in [0.25, 0.3) is 5.69 Å². The number of rotatable bonds is 5. The van der Waals surface area contributed by atoms with Gasteiger partial charge in [0.15, 0.2) is 12.0 Å². The van der Waals surface area contributed by atoms with Crippen molar-refractivity contribution in [3.8, 4) is 17.4 Å². The van der Waals surface area contributed by atoms with E-state index in [2.05, 4.69) is 0 Å². The van der Waals surface area contributed by atoms with Gasteiger partial charge in [0.2, 0.25) is 0 Å². The van der Waals surface area contributed by atoms with Crippen molar-refractivity contribution in [2.24, 2.45) is 0 Å². The van der Waals surface area contributed by atoms with Crippen LogP contribution in [0.2, 0.25) is 0 Å². The summed E-state index contributed by atoms with van der Waals surface area (Å²) in [5.41, 5.74) is 0.862. The molecule has 3 rings (SSSR count). The number of non-ortho nitro benzene ring substituents is 1. The zero-order valence-electron chi connectivity index (χ0n) is 12.7. The van der Waals surface area contributed by atoms with Gasteiger partial charge < -0.3 is 4.42 Å². The molecule has 1 aromatic heterocycles. The van der Waals surface area contributed by atoms with E-state index in [1.807, 2.05) is 30.3 Å². The van der Waals surface area contributed by atoms with E-state index in [1.165, 1.54) is 23.9 Å². The first-order chi connectivity index (χ1) is 12.1. The molecule has 0 atom stereocenters. The average Bonchev–Trinajstić information content (AvgIpc) is 3.11. The summed E-state index contributed by atoms with van der Waals surface area (Å²) >= 11 is 1.30. The summed E-state index contributed by atoms with van der Waals surface area (Å²) in [6, 6.07) is 16.8. The summed E-state index contributed by atoms with van der Waals surface area (Å²) in [6.45, 7) is 0. The van der Waals surface area contributed by atoms with Gasteiger partial charge in [0.1, 0.15) is 11.8 Å². The van der Waals surface area contributed by atoms with E-state index in [-0.39, 0.29) is 17.0 Å². The molecule has 1 heterocycles. The number of nitro benzene ring substituents is 1. The molecular weight excluding hydrogens is 340 g/mol. The molecule has 0 bridgehead atoms. The van der Waals surface area contributed by atoms with Gasteiger partial charge in [-0.25, -0.2) is 0 Å². The van der Waals surface area contributed by atoms with Crippen molar-refractivity contribution in [2.45, 2.75) is 9.79 Å². The fourth-order valence-electron chi connectivity index (χ4n) is 2.25. The quantitative estimate of drug-likeness (QED) is 0.376. The average molecular weight is 350 g/mol. The van der Waals surface area contributed by atoms with Crippen molar-refractivity contribution >= 4 is 23.7 Å². The molecule has 2 aromatic carbocycles. The van der Waals surface area contributed by atoms with Crippen LogP contribution in [0.25, 0.3) is 11.3 Å². The Morgan fingerprint density at radius 3 is 2.60 bits per heavy atom. The summed E-state index contributed by atoms with van der Waals surface area (Å²) in [6.07, 6.45) is 0.628. The van der Waals surface area contributed by atoms with Crippen LogP contribution in [-0.2, 0) is 0 Å². The maximum atomic E-state index is 10.9. The van der Waals surface area contributed by atoms with Crippen LogP contribution in [0.4, 0.5) is 5.69 Å². The molecule has 0 saturated carbocycles. The lowest BCUT2D eigenvalue weighted by atomic mass is 10.2. The van der Waals surface area contributed by atoms with Gasteiger partial charge in [-0.1, -0.05) is 30.0 Å². The lowest BCUT2D eigenvalue weighted by Gasteiger charge is -2.08. The number of carbonyl (C=O) groups is 1. The molecule has 0 aliphatic carbocycles. The Labute approximate surface area is 146 Å². The van der Waals surface area contributed by atoms with Gasteiger partial charge in [-0.2, -0.15) is 5.26 Å². The van der Waals surface area contributed by atoms with Crippen LogP contribution in [-0.4, -0.2) is 11.2 Å². The third-order valence-electron chi connectivity index (χ3n) is 3.41. The lowest BCUT2D eigenvalue weighted by molar-refractivity contribution is -0.384. The van der Waals surface area contributed by atoms with Crippen molar-refractivity contribution in [1.29, 1.82) is 5.26 Å². The number of nitriles is 1. The monoisotopic (exact) mass is 350 g/mol. The van der Waals surface area contributed by atoms with E-state index in [4.69, 9.17) is 4.42 Å². The molecule has 0 spiro atoms. The van der Waals surface area contributed by atoms with Gasteiger partial charge in [-0.15, -0.1) is 0 Å². The molecule has 0 aliphatic rings. The molecular formula is C18H10N2O4S. The van der Waals surface area contributed by atoms with Crippen LogP contribution in [0.15, 0.2) is 68.8 Å². The second-order valence-electron chi connectivity index (χ2n) is 4.97.